The normalized spacial score (nSPS) is 35.8. The predicted molar refractivity (Wildman–Crippen MR) is 87.8 cm³/mol. The second kappa shape index (κ2) is 4.40. The van der Waals surface area contributed by atoms with Crippen LogP contribution in [0.15, 0.2) is 47.1 Å². The Morgan fingerprint density at radius 1 is 1.25 bits per heavy atom. The number of fused-ring (bicyclic) bond motifs is 4. The van der Waals surface area contributed by atoms with E-state index in [0.717, 1.165) is 13.0 Å². The lowest BCUT2D eigenvalue weighted by Gasteiger charge is -2.32. The molecule has 0 spiro atoms. The Balaban J connectivity index is 1.82. The Hall–Kier alpha value is -0.700. The minimum atomic E-state index is -0.333. The molecule has 1 aromatic carbocycles. The van der Waals surface area contributed by atoms with Gasteiger partial charge in [-0.3, -0.25) is 5.32 Å². The number of allylic oxidation sites excluding steroid dienone is 1. The average Bonchev–Trinajstić information content (AvgIpc) is 2.84. The summed E-state index contributed by atoms with van der Waals surface area (Å²) in [5.74, 6) is 0.530. The van der Waals surface area contributed by atoms with Gasteiger partial charge in [-0.2, -0.15) is 0 Å². The summed E-state index contributed by atoms with van der Waals surface area (Å²) in [5.41, 5.74) is 5.80. The largest absolute Gasteiger partial charge is 0.294 e. The van der Waals surface area contributed by atoms with Crippen molar-refractivity contribution in [2.24, 2.45) is 5.92 Å². The Kier molecular flexibility index (Phi) is 2.86. The van der Waals surface area contributed by atoms with Crippen molar-refractivity contribution < 1.29 is 0 Å². The number of alkyl halides is 1. The van der Waals surface area contributed by atoms with Crippen LogP contribution in [0.4, 0.5) is 0 Å². The zero-order valence-corrected chi connectivity index (χ0v) is 13.3. The van der Waals surface area contributed by atoms with Crippen molar-refractivity contribution in [3.8, 4) is 0 Å². The molecule has 0 aromatic heterocycles. The molecule has 0 saturated carbocycles. The van der Waals surface area contributed by atoms with Gasteiger partial charge in [0.2, 0.25) is 0 Å². The first-order valence-corrected chi connectivity index (χ1v) is 8.45. The van der Waals surface area contributed by atoms with E-state index in [1.54, 1.807) is 5.57 Å². The molecule has 3 atom stereocenters. The van der Waals surface area contributed by atoms with E-state index in [9.17, 15) is 0 Å². The first kappa shape index (κ1) is 13.0. The number of halogens is 1. The standard InChI is InChI=1S/C17H18ClNS/c1-10-14-13-8-9-19-17(18,11(13)2)16(14)20-15(10)12-6-4-3-5-7-12/h3-7,14,16,19H,8-9H2,1-2H3. The third-order valence-corrected chi connectivity index (χ3v) is 7.43. The topological polar surface area (TPSA) is 12.0 Å². The van der Waals surface area contributed by atoms with Crippen molar-refractivity contribution in [3.63, 3.8) is 0 Å². The Bertz CT molecular complexity index is 634. The van der Waals surface area contributed by atoms with Crippen LogP contribution in [0.25, 0.3) is 4.91 Å². The quantitative estimate of drug-likeness (QED) is 0.468. The van der Waals surface area contributed by atoms with Gasteiger partial charge in [-0.15, -0.1) is 11.8 Å². The van der Waals surface area contributed by atoms with Crippen LogP contribution in [0, 0.1) is 5.92 Å². The predicted octanol–water partition coefficient (Wildman–Crippen LogP) is 4.41. The molecule has 1 aliphatic carbocycles. The zero-order valence-electron chi connectivity index (χ0n) is 11.7. The summed E-state index contributed by atoms with van der Waals surface area (Å²) in [6.07, 6.45) is 1.14. The van der Waals surface area contributed by atoms with E-state index in [1.807, 2.05) is 11.8 Å². The van der Waals surface area contributed by atoms with Crippen molar-refractivity contribution in [1.29, 1.82) is 0 Å². The maximum atomic E-state index is 6.95. The van der Waals surface area contributed by atoms with Crippen LogP contribution in [-0.4, -0.2) is 16.8 Å². The summed E-state index contributed by atoms with van der Waals surface area (Å²) < 4.78 is 0. The van der Waals surface area contributed by atoms with Crippen LogP contribution in [0.5, 0.6) is 0 Å². The van der Waals surface area contributed by atoms with Crippen LogP contribution in [0.3, 0.4) is 0 Å². The molecule has 1 aromatic rings. The van der Waals surface area contributed by atoms with Gasteiger partial charge in [-0.25, -0.2) is 0 Å². The number of hydrogen-bond acceptors (Lipinski definition) is 2. The summed E-state index contributed by atoms with van der Waals surface area (Å²) in [4.78, 5) is 1.10. The van der Waals surface area contributed by atoms with E-state index in [1.165, 1.54) is 21.6 Å². The molecular formula is C17H18ClNS. The van der Waals surface area contributed by atoms with Crippen molar-refractivity contribution in [1.82, 2.24) is 5.32 Å². The van der Waals surface area contributed by atoms with E-state index in [4.69, 9.17) is 11.6 Å². The van der Waals surface area contributed by atoms with E-state index in [-0.39, 0.29) is 5.00 Å². The van der Waals surface area contributed by atoms with Gasteiger partial charge in [-0.05, 0) is 31.4 Å². The lowest BCUT2D eigenvalue weighted by atomic mass is 9.90. The summed E-state index contributed by atoms with van der Waals surface area (Å²) in [6.45, 7) is 5.52. The number of thioether (sulfide) groups is 1. The van der Waals surface area contributed by atoms with Gasteiger partial charge in [0.25, 0.3) is 0 Å². The van der Waals surface area contributed by atoms with Crippen LogP contribution in [0.1, 0.15) is 25.8 Å². The van der Waals surface area contributed by atoms with Crippen LogP contribution in [-0.2, 0) is 0 Å². The molecule has 20 heavy (non-hydrogen) atoms. The lowest BCUT2D eigenvalue weighted by molar-refractivity contribution is 0.513. The summed E-state index contributed by atoms with van der Waals surface area (Å²) >= 11 is 8.92. The molecular weight excluding hydrogens is 286 g/mol. The van der Waals surface area contributed by atoms with Crippen LogP contribution in [0.2, 0.25) is 0 Å². The van der Waals surface area contributed by atoms with E-state index in [0.29, 0.717) is 11.2 Å². The highest BCUT2D eigenvalue weighted by molar-refractivity contribution is 8.09. The zero-order chi connectivity index (χ0) is 13.9. The van der Waals surface area contributed by atoms with Crippen molar-refractivity contribution in [3.05, 3.63) is 52.6 Å². The highest BCUT2D eigenvalue weighted by Gasteiger charge is 2.56. The van der Waals surface area contributed by atoms with Gasteiger partial charge in [0, 0.05) is 17.4 Å². The number of rotatable bonds is 1. The maximum absolute atomic E-state index is 6.95. The fraction of sp³-hybridized carbons (Fsp3) is 0.412. The molecule has 1 nitrogen and oxygen atoms in total. The van der Waals surface area contributed by atoms with Gasteiger partial charge >= 0.3 is 0 Å². The van der Waals surface area contributed by atoms with Gasteiger partial charge in [-0.1, -0.05) is 53.1 Å². The third kappa shape index (κ3) is 1.56. The smallest absolute Gasteiger partial charge is 0.128 e. The number of hydrogen-bond donors (Lipinski definition) is 1. The van der Waals surface area contributed by atoms with Gasteiger partial charge < -0.3 is 0 Å². The SMILES string of the molecule is CC1=C(c2ccccc2)SC2C1C1=C(C)C2(Cl)NCC1. The minimum Gasteiger partial charge on any atom is -0.294 e. The minimum absolute atomic E-state index is 0.333. The van der Waals surface area contributed by atoms with Crippen molar-refractivity contribution >= 4 is 28.3 Å². The average molecular weight is 304 g/mol. The molecule has 104 valence electrons. The monoisotopic (exact) mass is 303 g/mol. The first-order valence-electron chi connectivity index (χ1n) is 7.20. The molecule has 3 unspecified atom stereocenters. The van der Waals surface area contributed by atoms with E-state index in [2.05, 4.69) is 49.5 Å². The highest BCUT2D eigenvalue weighted by atomic mass is 35.5. The molecule has 1 N–H and O–H groups in total. The molecule has 0 radical (unpaired) electrons. The Morgan fingerprint density at radius 2 is 2.00 bits per heavy atom. The number of benzene rings is 1. The van der Waals surface area contributed by atoms with Gasteiger partial charge in [0.15, 0.2) is 0 Å². The number of nitrogens with one attached hydrogen (secondary N) is 1. The van der Waals surface area contributed by atoms with E-state index >= 15 is 0 Å². The Labute approximate surface area is 129 Å². The lowest BCUT2D eigenvalue weighted by Crippen LogP contribution is -2.48. The third-order valence-electron chi connectivity index (χ3n) is 4.98. The second-order valence-electron chi connectivity index (χ2n) is 5.93. The molecule has 0 amide bonds. The van der Waals surface area contributed by atoms with Crippen molar-refractivity contribution in [2.75, 3.05) is 6.54 Å². The molecule has 0 saturated heterocycles. The summed E-state index contributed by atoms with van der Waals surface area (Å²) in [5, 5.41) is 3.97. The fourth-order valence-corrected chi connectivity index (χ4v) is 6.17. The highest BCUT2D eigenvalue weighted by Crippen LogP contribution is 2.62. The maximum Gasteiger partial charge on any atom is 0.128 e. The molecule has 2 bridgehead atoms. The summed E-state index contributed by atoms with van der Waals surface area (Å²) in [6, 6.07) is 10.7. The molecule has 3 heteroatoms. The molecule has 0 fully saturated rings. The van der Waals surface area contributed by atoms with Crippen LogP contribution < -0.4 is 5.32 Å². The second-order valence-corrected chi connectivity index (χ2v) is 7.68. The first-order chi connectivity index (χ1) is 9.63. The fourth-order valence-electron chi connectivity index (χ4n) is 3.93. The molecule has 4 rings (SSSR count). The molecule has 2 aliphatic heterocycles. The molecule has 3 aliphatic rings. The van der Waals surface area contributed by atoms with E-state index < -0.39 is 0 Å². The molecule has 2 heterocycles. The summed E-state index contributed by atoms with van der Waals surface area (Å²) in [7, 11) is 0. The van der Waals surface area contributed by atoms with Gasteiger partial charge in [0.05, 0.1) is 5.25 Å². The van der Waals surface area contributed by atoms with Gasteiger partial charge in [0.1, 0.15) is 5.00 Å². The van der Waals surface area contributed by atoms with Crippen LogP contribution >= 0.6 is 23.4 Å². The van der Waals surface area contributed by atoms with Crippen molar-refractivity contribution in [2.45, 2.75) is 30.5 Å². The Morgan fingerprint density at radius 3 is 2.75 bits per heavy atom.